The van der Waals surface area contributed by atoms with Crippen molar-refractivity contribution in [3.05, 3.63) is 24.3 Å². The molecule has 0 aromatic carbocycles. The number of hydrogen-bond acceptors (Lipinski definition) is 6. The summed E-state index contributed by atoms with van der Waals surface area (Å²) in [5, 5.41) is 0. The van der Waals surface area contributed by atoms with Crippen LogP contribution in [0.2, 0.25) is 0 Å². The first-order chi connectivity index (χ1) is 7.97. The van der Waals surface area contributed by atoms with E-state index in [1.54, 1.807) is 0 Å². The van der Waals surface area contributed by atoms with Gasteiger partial charge >= 0.3 is 17.9 Å². The van der Waals surface area contributed by atoms with Crippen LogP contribution in [0.25, 0.3) is 0 Å². The summed E-state index contributed by atoms with van der Waals surface area (Å²) in [5.74, 6) is -1.93. The molecule has 0 atom stereocenters. The van der Waals surface area contributed by atoms with E-state index in [0.29, 0.717) is 0 Å². The third kappa shape index (κ3) is 7.78. The summed E-state index contributed by atoms with van der Waals surface area (Å²) >= 11 is 0. The summed E-state index contributed by atoms with van der Waals surface area (Å²) in [4.78, 5) is 32.5. The van der Waals surface area contributed by atoms with E-state index in [9.17, 15) is 14.4 Å². The van der Waals surface area contributed by atoms with Crippen molar-refractivity contribution in [1.82, 2.24) is 0 Å². The molecule has 0 saturated heterocycles. The van der Waals surface area contributed by atoms with Gasteiger partial charge in [0.1, 0.15) is 13.2 Å². The predicted molar refractivity (Wildman–Crippen MR) is 57.9 cm³/mol. The van der Waals surface area contributed by atoms with Crippen molar-refractivity contribution in [1.29, 1.82) is 0 Å². The van der Waals surface area contributed by atoms with E-state index in [4.69, 9.17) is 0 Å². The maximum atomic E-state index is 11.0. The average molecular weight is 242 g/mol. The van der Waals surface area contributed by atoms with Gasteiger partial charge in [-0.2, -0.15) is 0 Å². The summed E-state index contributed by atoms with van der Waals surface area (Å²) in [7, 11) is 1.19. The molecule has 6 nitrogen and oxygen atoms in total. The van der Waals surface area contributed by atoms with Crippen LogP contribution < -0.4 is 0 Å². The molecular formula is C11H14O6. The largest absolute Gasteiger partial charge is 0.466 e. The lowest BCUT2D eigenvalue weighted by Gasteiger charge is -2.04. The zero-order valence-electron chi connectivity index (χ0n) is 9.73. The molecule has 0 unspecified atom stereocenters. The highest BCUT2D eigenvalue weighted by molar-refractivity contribution is 5.91. The second-order valence-electron chi connectivity index (χ2n) is 2.94. The molecule has 0 radical (unpaired) electrons. The molecule has 0 aromatic heterocycles. The van der Waals surface area contributed by atoms with E-state index in [2.05, 4.69) is 20.8 Å². The lowest BCUT2D eigenvalue weighted by Crippen LogP contribution is -2.13. The van der Waals surface area contributed by atoms with Crippen LogP contribution >= 0.6 is 0 Å². The zero-order chi connectivity index (χ0) is 13.3. The van der Waals surface area contributed by atoms with E-state index >= 15 is 0 Å². The monoisotopic (exact) mass is 242 g/mol. The van der Waals surface area contributed by atoms with E-state index in [0.717, 1.165) is 12.2 Å². The Morgan fingerprint density at radius 3 is 2.12 bits per heavy atom. The third-order valence-electron chi connectivity index (χ3n) is 1.47. The molecule has 0 N–H and O–H groups in total. The van der Waals surface area contributed by atoms with Crippen LogP contribution in [0.15, 0.2) is 24.3 Å². The van der Waals surface area contributed by atoms with Crippen molar-refractivity contribution in [2.24, 2.45) is 0 Å². The van der Waals surface area contributed by atoms with E-state index in [-0.39, 0.29) is 18.8 Å². The van der Waals surface area contributed by atoms with Gasteiger partial charge in [-0.25, -0.2) is 14.4 Å². The van der Waals surface area contributed by atoms with Gasteiger partial charge in [-0.05, 0) is 6.92 Å². The van der Waals surface area contributed by atoms with Crippen molar-refractivity contribution in [2.45, 2.75) is 6.92 Å². The third-order valence-corrected chi connectivity index (χ3v) is 1.47. The van der Waals surface area contributed by atoms with Gasteiger partial charge in [0, 0.05) is 17.7 Å². The second-order valence-corrected chi connectivity index (χ2v) is 2.94. The van der Waals surface area contributed by atoms with Crippen LogP contribution in [0.3, 0.4) is 0 Å². The Balaban J connectivity index is 3.72. The lowest BCUT2D eigenvalue weighted by molar-refractivity contribution is -0.146. The van der Waals surface area contributed by atoms with Crippen LogP contribution in [-0.4, -0.2) is 38.2 Å². The maximum Gasteiger partial charge on any atom is 0.333 e. The Morgan fingerprint density at radius 1 is 1.06 bits per heavy atom. The number of esters is 3. The molecule has 0 aliphatic heterocycles. The molecule has 0 amide bonds. The number of rotatable bonds is 6. The van der Waals surface area contributed by atoms with Crippen LogP contribution in [0, 0.1) is 0 Å². The minimum absolute atomic E-state index is 0.0660. The highest BCUT2D eigenvalue weighted by Gasteiger charge is 2.03. The average Bonchev–Trinajstić information content (AvgIpc) is 2.30. The van der Waals surface area contributed by atoms with Crippen LogP contribution in [0.5, 0.6) is 0 Å². The fourth-order valence-electron chi connectivity index (χ4n) is 0.652. The Hall–Kier alpha value is -2.11. The summed E-state index contributed by atoms with van der Waals surface area (Å²) in [6, 6.07) is 0. The fraction of sp³-hybridized carbons (Fsp3) is 0.364. The molecule has 0 aromatic rings. The Morgan fingerprint density at radius 2 is 1.59 bits per heavy atom. The van der Waals surface area contributed by atoms with Gasteiger partial charge in [-0.1, -0.05) is 6.58 Å². The molecule has 0 bridgehead atoms. The normalized spacial score (nSPS) is 9.76. The number of carbonyl (C=O) groups excluding carboxylic acids is 3. The molecule has 94 valence electrons. The summed E-state index contributed by atoms with van der Waals surface area (Å²) in [6.45, 7) is 4.73. The molecule has 0 aliphatic rings. The molecule has 6 heteroatoms. The topological polar surface area (TPSA) is 78.9 Å². The van der Waals surface area contributed by atoms with Crippen LogP contribution in [0.1, 0.15) is 6.92 Å². The summed E-state index contributed by atoms with van der Waals surface area (Å²) in [6.07, 6.45) is 1.86. The van der Waals surface area contributed by atoms with Gasteiger partial charge in [-0.3, -0.25) is 0 Å². The van der Waals surface area contributed by atoms with E-state index in [1.165, 1.54) is 14.0 Å². The number of ether oxygens (including phenoxy) is 3. The second kappa shape index (κ2) is 8.09. The van der Waals surface area contributed by atoms with Crippen LogP contribution in [0.4, 0.5) is 0 Å². The SMILES string of the molecule is C=C(C)C(=O)OCCOC(=O)/C=C/C(=O)OC. The highest BCUT2D eigenvalue weighted by Crippen LogP contribution is 1.92. The minimum atomic E-state index is -0.721. The summed E-state index contributed by atoms with van der Waals surface area (Å²) in [5.41, 5.74) is 0.266. The predicted octanol–water partition coefficient (Wildman–Crippen LogP) is 0.378. The molecular weight excluding hydrogens is 228 g/mol. The van der Waals surface area contributed by atoms with Gasteiger partial charge in [0.15, 0.2) is 0 Å². The zero-order valence-corrected chi connectivity index (χ0v) is 9.73. The quantitative estimate of drug-likeness (QED) is 0.290. The Labute approximate surface area is 98.8 Å². The lowest BCUT2D eigenvalue weighted by atomic mass is 10.4. The Kier molecular flexibility index (Phi) is 7.09. The van der Waals surface area contributed by atoms with Crippen LogP contribution in [-0.2, 0) is 28.6 Å². The van der Waals surface area contributed by atoms with E-state index < -0.39 is 17.9 Å². The summed E-state index contributed by atoms with van der Waals surface area (Å²) < 4.78 is 13.6. The molecule has 0 saturated carbocycles. The van der Waals surface area contributed by atoms with Gasteiger partial charge in [0.2, 0.25) is 0 Å². The van der Waals surface area contributed by atoms with Gasteiger partial charge in [0.25, 0.3) is 0 Å². The van der Waals surface area contributed by atoms with Crippen molar-refractivity contribution < 1.29 is 28.6 Å². The fourth-order valence-corrected chi connectivity index (χ4v) is 0.652. The molecule has 0 heterocycles. The number of hydrogen-bond donors (Lipinski definition) is 0. The Bertz CT molecular complexity index is 342. The first-order valence-corrected chi connectivity index (χ1v) is 4.72. The van der Waals surface area contributed by atoms with Crippen molar-refractivity contribution in [2.75, 3.05) is 20.3 Å². The standard InChI is InChI=1S/C11H14O6/c1-8(2)11(14)17-7-6-16-10(13)5-4-9(12)15-3/h4-5H,1,6-7H2,2-3H3/b5-4+. The van der Waals surface area contributed by atoms with Gasteiger partial charge < -0.3 is 14.2 Å². The molecule has 0 spiro atoms. The molecule has 0 fully saturated rings. The molecule has 0 rings (SSSR count). The first-order valence-electron chi connectivity index (χ1n) is 4.72. The number of methoxy groups -OCH3 is 1. The highest BCUT2D eigenvalue weighted by atomic mass is 16.6. The van der Waals surface area contributed by atoms with Gasteiger partial charge in [-0.15, -0.1) is 0 Å². The maximum absolute atomic E-state index is 11.0. The van der Waals surface area contributed by atoms with Crippen molar-refractivity contribution in [3.63, 3.8) is 0 Å². The minimum Gasteiger partial charge on any atom is -0.466 e. The van der Waals surface area contributed by atoms with Crippen molar-refractivity contribution in [3.8, 4) is 0 Å². The van der Waals surface area contributed by atoms with E-state index in [1.807, 2.05) is 0 Å². The number of carbonyl (C=O) groups is 3. The first kappa shape index (κ1) is 14.9. The molecule has 0 aliphatic carbocycles. The van der Waals surface area contributed by atoms with Crippen molar-refractivity contribution >= 4 is 17.9 Å². The molecule has 17 heavy (non-hydrogen) atoms. The smallest absolute Gasteiger partial charge is 0.333 e. The van der Waals surface area contributed by atoms with Gasteiger partial charge in [0.05, 0.1) is 7.11 Å².